The summed E-state index contributed by atoms with van der Waals surface area (Å²) in [5, 5.41) is 4.78. The van der Waals surface area contributed by atoms with Crippen molar-refractivity contribution in [2.75, 3.05) is 7.05 Å². The van der Waals surface area contributed by atoms with Crippen LogP contribution in [0.4, 0.5) is 0 Å². The summed E-state index contributed by atoms with van der Waals surface area (Å²) in [7, 11) is 1.92. The smallest absolute Gasteiger partial charge is 0.170 e. The Morgan fingerprint density at radius 1 is 1.50 bits per heavy atom. The first-order chi connectivity index (χ1) is 7.79. The standard InChI is InChI=1S/C11H12ClN3S/c1-13-7-8-6-9(12)2-3-10(8)16-11-14-4-5-15-11/h2-6,13H,7H2,1H3,(H,14,15). The molecule has 0 saturated heterocycles. The highest BCUT2D eigenvalue weighted by Gasteiger charge is 2.06. The van der Waals surface area contributed by atoms with E-state index in [1.807, 2.05) is 31.4 Å². The van der Waals surface area contributed by atoms with Gasteiger partial charge in [-0.25, -0.2) is 4.98 Å². The minimum Gasteiger partial charge on any atom is -0.339 e. The van der Waals surface area contributed by atoms with Crippen molar-refractivity contribution in [2.24, 2.45) is 0 Å². The lowest BCUT2D eigenvalue weighted by Gasteiger charge is -2.07. The third-order valence-corrected chi connectivity index (χ3v) is 3.34. The summed E-state index contributed by atoms with van der Waals surface area (Å²) in [6.07, 6.45) is 3.56. The van der Waals surface area contributed by atoms with Crippen LogP contribution in [0.15, 0.2) is 40.6 Å². The van der Waals surface area contributed by atoms with Gasteiger partial charge in [0.1, 0.15) is 0 Å². The van der Waals surface area contributed by atoms with Gasteiger partial charge in [-0.15, -0.1) is 0 Å². The number of hydrogen-bond acceptors (Lipinski definition) is 3. The van der Waals surface area contributed by atoms with Crippen LogP contribution in [0.3, 0.4) is 0 Å². The summed E-state index contributed by atoms with van der Waals surface area (Å²) >= 11 is 7.58. The van der Waals surface area contributed by atoms with E-state index in [4.69, 9.17) is 11.6 Å². The van der Waals surface area contributed by atoms with Crippen LogP contribution in [0, 0.1) is 0 Å². The van der Waals surface area contributed by atoms with Crippen molar-refractivity contribution >= 4 is 23.4 Å². The summed E-state index contributed by atoms with van der Waals surface area (Å²) in [5.74, 6) is 0. The number of H-pyrrole nitrogens is 1. The van der Waals surface area contributed by atoms with E-state index in [1.165, 1.54) is 5.56 Å². The number of halogens is 1. The van der Waals surface area contributed by atoms with Gasteiger partial charge in [-0.3, -0.25) is 0 Å². The Balaban J connectivity index is 2.25. The molecule has 0 unspecified atom stereocenters. The van der Waals surface area contributed by atoms with Crippen molar-refractivity contribution in [3.05, 3.63) is 41.2 Å². The first kappa shape index (κ1) is 11.5. The van der Waals surface area contributed by atoms with E-state index >= 15 is 0 Å². The molecule has 5 heteroatoms. The second-order valence-corrected chi connectivity index (χ2v) is 4.75. The summed E-state index contributed by atoms with van der Waals surface area (Å²) < 4.78 is 0. The predicted octanol–water partition coefficient (Wildman–Crippen LogP) is 2.93. The van der Waals surface area contributed by atoms with Crippen LogP contribution in [-0.2, 0) is 6.54 Å². The zero-order valence-corrected chi connectivity index (χ0v) is 10.4. The van der Waals surface area contributed by atoms with E-state index in [-0.39, 0.29) is 0 Å². The molecule has 0 radical (unpaired) electrons. The normalized spacial score (nSPS) is 10.6. The van der Waals surface area contributed by atoms with Gasteiger partial charge in [0, 0.05) is 28.9 Å². The second-order valence-electron chi connectivity index (χ2n) is 3.28. The summed E-state index contributed by atoms with van der Waals surface area (Å²) in [4.78, 5) is 8.42. The second kappa shape index (κ2) is 5.39. The maximum atomic E-state index is 5.97. The fourth-order valence-electron chi connectivity index (χ4n) is 1.39. The Kier molecular flexibility index (Phi) is 3.88. The first-order valence-corrected chi connectivity index (χ1v) is 6.09. The summed E-state index contributed by atoms with van der Waals surface area (Å²) in [5.41, 5.74) is 1.18. The Bertz CT molecular complexity index is 456. The molecule has 0 saturated carbocycles. The van der Waals surface area contributed by atoms with Crippen molar-refractivity contribution in [2.45, 2.75) is 16.6 Å². The van der Waals surface area contributed by atoms with Crippen molar-refractivity contribution in [1.82, 2.24) is 15.3 Å². The Morgan fingerprint density at radius 2 is 2.38 bits per heavy atom. The van der Waals surface area contributed by atoms with Crippen molar-refractivity contribution in [3.8, 4) is 0 Å². The number of nitrogens with zero attached hydrogens (tertiary/aromatic N) is 1. The van der Waals surface area contributed by atoms with Crippen molar-refractivity contribution < 1.29 is 0 Å². The first-order valence-electron chi connectivity index (χ1n) is 4.90. The lowest BCUT2D eigenvalue weighted by Crippen LogP contribution is -2.06. The largest absolute Gasteiger partial charge is 0.339 e. The highest BCUT2D eigenvalue weighted by Crippen LogP contribution is 2.29. The van der Waals surface area contributed by atoms with Crippen LogP contribution in [0.2, 0.25) is 5.02 Å². The minimum atomic E-state index is 0.758. The molecule has 0 aliphatic heterocycles. The molecule has 0 amide bonds. The predicted molar refractivity (Wildman–Crippen MR) is 66.9 cm³/mol. The van der Waals surface area contributed by atoms with Gasteiger partial charge < -0.3 is 10.3 Å². The van der Waals surface area contributed by atoms with Crippen LogP contribution in [0.1, 0.15) is 5.56 Å². The minimum absolute atomic E-state index is 0.758. The molecule has 2 N–H and O–H groups in total. The third-order valence-electron chi connectivity index (χ3n) is 2.07. The van der Waals surface area contributed by atoms with Crippen LogP contribution >= 0.6 is 23.4 Å². The molecule has 2 rings (SSSR count). The molecule has 0 atom stereocenters. The van der Waals surface area contributed by atoms with Gasteiger partial charge in [-0.1, -0.05) is 23.4 Å². The van der Waals surface area contributed by atoms with E-state index in [1.54, 1.807) is 18.0 Å². The van der Waals surface area contributed by atoms with Gasteiger partial charge in [-0.2, -0.15) is 0 Å². The van der Waals surface area contributed by atoms with Gasteiger partial charge in [-0.05, 0) is 30.8 Å². The van der Waals surface area contributed by atoms with Gasteiger partial charge in [0.15, 0.2) is 5.16 Å². The molecule has 0 aliphatic rings. The average Bonchev–Trinajstić information content (AvgIpc) is 2.75. The molecule has 16 heavy (non-hydrogen) atoms. The molecule has 1 aromatic heterocycles. The van der Waals surface area contributed by atoms with Crippen molar-refractivity contribution in [3.63, 3.8) is 0 Å². The maximum absolute atomic E-state index is 5.97. The van der Waals surface area contributed by atoms with E-state index in [0.29, 0.717) is 0 Å². The molecule has 0 aliphatic carbocycles. The maximum Gasteiger partial charge on any atom is 0.170 e. The zero-order chi connectivity index (χ0) is 11.4. The molecule has 0 bridgehead atoms. The number of nitrogens with one attached hydrogen (secondary N) is 2. The summed E-state index contributed by atoms with van der Waals surface area (Å²) in [6.45, 7) is 0.795. The Hall–Kier alpha value is -0.970. The van der Waals surface area contributed by atoms with Crippen LogP contribution in [-0.4, -0.2) is 17.0 Å². The van der Waals surface area contributed by atoms with E-state index in [9.17, 15) is 0 Å². The van der Waals surface area contributed by atoms with E-state index < -0.39 is 0 Å². The van der Waals surface area contributed by atoms with E-state index in [2.05, 4.69) is 15.3 Å². The highest BCUT2D eigenvalue weighted by atomic mass is 35.5. The fourth-order valence-corrected chi connectivity index (χ4v) is 2.43. The van der Waals surface area contributed by atoms with E-state index in [0.717, 1.165) is 21.6 Å². The van der Waals surface area contributed by atoms with Crippen molar-refractivity contribution in [1.29, 1.82) is 0 Å². The lowest BCUT2D eigenvalue weighted by molar-refractivity contribution is 0.803. The molecular weight excluding hydrogens is 242 g/mol. The number of benzene rings is 1. The molecule has 1 aromatic carbocycles. The van der Waals surface area contributed by atoms with Crippen LogP contribution in [0.25, 0.3) is 0 Å². The van der Waals surface area contributed by atoms with Crippen LogP contribution < -0.4 is 5.32 Å². The molecule has 0 fully saturated rings. The Labute approximate surface area is 104 Å². The molecule has 2 aromatic rings. The zero-order valence-electron chi connectivity index (χ0n) is 8.83. The van der Waals surface area contributed by atoms with Gasteiger partial charge >= 0.3 is 0 Å². The molecule has 3 nitrogen and oxygen atoms in total. The summed E-state index contributed by atoms with van der Waals surface area (Å²) in [6, 6.07) is 5.89. The quantitative estimate of drug-likeness (QED) is 0.880. The van der Waals surface area contributed by atoms with Gasteiger partial charge in [0.25, 0.3) is 0 Å². The molecule has 84 valence electrons. The number of hydrogen-bond donors (Lipinski definition) is 2. The highest BCUT2D eigenvalue weighted by molar-refractivity contribution is 7.99. The third kappa shape index (κ3) is 2.78. The molecular formula is C11H12ClN3S. The molecule has 1 heterocycles. The van der Waals surface area contributed by atoms with Crippen LogP contribution in [0.5, 0.6) is 0 Å². The SMILES string of the molecule is CNCc1cc(Cl)ccc1Sc1ncc[nH]1. The number of aromatic amines is 1. The lowest BCUT2D eigenvalue weighted by atomic mass is 10.2. The van der Waals surface area contributed by atoms with Gasteiger partial charge in [0.2, 0.25) is 0 Å². The fraction of sp³-hybridized carbons (Fsp3) is 0.182. The van der Waals surface area contributed by atoms with Gasteiger partial charge in [0.05, 0.1) is 0 Å². The molecule has 0 spiro atoms. The number of aromatic nitrogens is 2. The number of rotatable bonds is 4. The average molecular weight is 254 g/mol. The monoisotopic (exact) mass is 253 g/mol. The Morgan fingerprint density at radius 3 is 3.06 bits per heavy atom. The topological polar surface area (TPSA) is 40.7 Å². The number of imidazole rings is 1.